The third-order valence-corrected chi connectivity index (χ3v) is 19.3. The largest absolute Gasteiger partial charge is 2.00 e. The number of aliphatic hydroxyl groups is 2. The van der Waals surface area contributed by atoms with E-state index in [2.05, 4.69) is 55.6 Å². The van der Waals surface area contributed by atoms with Crippen molar-refractivity contribution in [3.8, 4) is 0 Å². The number of nitro benzene ring substituents is 7. The number of carbonyl (C=O) groups is 13. The molecule has 3 atom stereocenters. The van der Waals surface area contributed by atoms with Crippen LogP contribution >= 0.6 is 67.0 Å². The van der Waals surface area contributed by atoms with Crippen LogP contribution in [0.4, 0.5) is 44.6 Å². The predicted molar refractivity (Wildman–Crippen MR) is 502 cm³/mol. The summed E-state index contributed by atoms with van der Waals surface area (Å²) >= 11 is 13.8. The first-order valence-electron chi connectivity index (χ1n) is 39.5. The fourth-order valence-electron chi connectivity index (χ4n) is 10.1. The van der Waals surface area contributed by atoms with Crippen LogP contribution in [0, 0.1) is 98.0 Å². The summed E-state index contributed by atoms with van der Waals surface area (Å²) in [4.78, 5) is 217. The van der Waals surface area contributed by atoms with Crippen LogP contribution in [0.3, 0.4) is 0 Å². The summed E-state index contributed by atoms with van der Waals surface area (Å²) in [5, 5.41) is 111. The number of carboxylic acids is 1. The molecule has 1 aliphatic rings. The number of carboxylic acid groups (broad SMARTS) is 1. The molecule has 2 amide bonds. The normalized spacial score (nSPS) is 11.0. The third-order valence-electron chi connectivity index (χ3n) is 16.1. The quantitative estimate of drug-likeness (QED) is 0.00322. The summed E-state index contributed by atoms with van der Waals surface area (Å²) in [5.74, 6) is -4.84. The minimum Gasteiger partial charge on any atom is -0.855 e. The number of ether oxygens (including phenoxy) is 5. The van der Waals surface area contributed by atoms with E-state index in [1.807, 2.05) is 0 Å². The van der Waals surface area contributed by atoms with Crippen molar-refractivity contribution in [3.05, 3.63) is 283 Å². The number of Topliss-reactive ketones (excluding diaryl/α,β-unsaturated/α-hetero) is 2. The number of esters is 4. The van der Waals surface area contributed by atoms with Crippen LogP contribution in [0.2, 0.25) is 0 Å². The fraction of sp³-hybridized carbons (Fsp3) is 0.349. The van der Waals surface area contributed by atoms with Crippen LogP contribution < -0.4 is 5.11 Å². The third kappa shape index (κ3) is 50.4. The Bertz CT molecular complexity index is 5180. The van der Waals surface area contributed by atoms with Crippen LogP contribution in [-0.2, 0) is 89.0 Å². The van der Waals surface area contributed by atoms with Crippen LogP contribution in [0.1, 0.15) is 218 Å². The molecule has 45 nitrogen and oxygen atoms in total. The van der Waals surface area contributed by atoms with E-state index < -0.39 is 106 Å². The SMILES string of the molecule is CC(=O)SCc1ccc([N+](=O)[O-])c(C(C)O)c1.CC(=O)SCc1ccc([N+](=O)[O-])c(C(C)OC(=O)ON2C(=O)CCC2=O)c1.CC(=O)c1cc(C)ccc1[N+](=O)[O-].CC(=O)c1cc(CBr)ccc1[N+](=O)[O-].CC(O)c1cc(CBr)ccc1[N+](=O)[O-].CCOC(=O)CC(=O)OCC.CCOC(=O)[CH-]C(=O)OCC.CC[O-].Cc1ccc([N+](=O)[O-])c(C(=O)Cl)c1.Cc1ccc([N+](=O)[O-])c(C(=O)O)c1.[Mg+2]. The van der Waals surface area contributed by atoms with E-state index >= 15 is 0 Å². The average molecular weight is 2120 g/mol. The number of carbonyl (C=O) groups excluding carboxylic acids is 12. The molecule has 7 aromatic carbocycles. The number of imide groups is 1. The Morgan fingerprint density at radius 1 is 0.445 bits per heavy atom. The van der Waals surface area contributed by atoms with Gasteiger partial charge in [0, 0.05) is 91.3 Å². The van der Waals surface area contributed by atoms with Gasteiger partial charge in [-0.1, -0.05) is 110 Å². The molecule has 7 aromatic rings. The number of benzene rings is 7. The maximum atomic E-state index is 11.8. The molecule has 1 heterocycles. The Morgan fingerprint density at radius 3 is 1.04 bits per heavy atom. The standard InChI is InChI=1S/C16H16N2O8S.C11H13NO4S.C9H10BrNO3.C9H8BrNO3.C9H9NO3.C8H6ClNO3.C8H7NO4.C7H12O4.C7H11O4.C2H5O.Mg/c1-9(25-16(22)26-17-14(20)5-6-15(17)21)12-7-11(8-27-10(2)19)3-4-13(12)18(23)24;1-7(13)10-5-9(6-17-8(2)14)3-4-11(10)12(15)16;2*1-6(12)8-4-7(5-10)2-3-9(8)11(13)14;1-6-3-4-9(10(12)13)8(5-6)7(2)11;1-5-2-3-7(10(12)13)6(4-5)8(9)11;1-5-2-3-7(9(12)13)6(4-5)8(10)11;2*1-3-10-6(8)5-7(9)11-4-2;1-2-3;/h3-4,7,9H,5-6,8H2,1-2H3;3-5,7,13H,6H2,1-2H3;2-4,6,12H,5H2,1H3;2-4H,5H2,1H3;3-5H,1-2H3;2-4H,1H3;2-4H,1H3,(H,10,11);3-5H2,1-2H3;5H,3-4H2,1-2H3;2H2,1H3;/q;;;;;;;;2*-1;+2. The summed E-state index contributed by atoms with van der Waals surface area (Å²) in [6.07, 6.45) is -3.79. The Hall–Kier alpha value is -13.1. The number of aliphatic hydroxyl groups excluding tert-OH is 2. The van der Waals surface area contributed by atoms with Gasteiger partial charge in [0.2, 0.25) is 0 Å². The van der Waals surface area contributed by atoms with Gasteiger partial charge in [0.15, 0.2) is 33.7 Å². The first kappa shape index (κ1) is 128. The Balaban J connectivity index is -0.00000149. The van der Waals surface area contributed by atoms with E-state index in [4.69, 9.17) is 26.6 Å². The van der Waals surface area contributed by atoms with Gasteiger partial charge in [-0.15, -0.1) is 6.61 Å². The average Bonchev–Trinajstić information content (AvgIpc) is 1.48. The molecule has 0 aromatic heterocycles. The van der Waals surface area contributed by atoms with Crippen molar-refractivity contribution in [2.24, 2.45) is 0 Å². The van der Waals surface area contributed by atoms with Gasteiger partial charge < -0.3 is 44.1 Å². The van der Waals surface area contributed by atoms with Gasteiger partial charge in [0.25, 0.3) is 56.9 Å². The van der Waals surface area contributed by atoms with Crippen LogP contribution in [0.15, 0.2) is 127 Å². The van der Waals surface area contributed by atoms with Gasteiger partial charge in [-0.25, -0.2) is 9.59 Å². The summed E-state index contributed by atoms with van der Waals surface area (Å²) in [7, 11) is 0. The van der Waals surface area contributed by atoms with E-state index in [-0.39, 0.29) is 170 Å². The zero-order valence-electron chi connectivity index (χ0n) is 76.4. The topological polar surface area (TPSA) is 666 Å². The van der Waals surface area contributed by atoms with E-state index in [9.17, 15) is 143 Å². The number of ketones is 2. The molecule has 8 rings (SSSR count). The zero-order valence-corrected chi connectivity index (χ0v) is 83.4. The number of aryl methyl sites for hydroxylation is 3. The van der Waals surface area contributed by atoms with Crippen molar-refractivity contribution in [1.82, 2.24) is 5.06 Å². The molecule has 51 heteroatoms. The fourth-order valence-corrected chi connectivity index (χ4v) is 12.0. The molecule has 0 spiro atoms. The van der Waals surface area contributed by atoms with Gasteiger partial charge >= 0.3 is 47.1 Å². The first-order chi connectivity index (χ1) is 63.6. The number of alkyl halides is 2. The van der Waals surface area contributed by atoms with Crippen LogP contribution in [-0.4, -0.2) is 186 Å². The van der Waals surface area contributed by atoms with E-state index in [1.165, 1.54) is 133 Å². The van der Waals surface area contributed by atoms with Gasteiger partial charge in [-0.05, 0) is 176 Å². The molecule has 1 saturated heterocycles. The van der Waals surface area contributed by atoms with Gasteiger partial charge in [0.05, 0.1) is 101 Å². The number of amides is 2. The number of hydroxylamine groups is 2. The van der Waals surface area contributed by atoms with E-state index in [0.29, 0.717) is 43.9 Å². The first-order valence-corrected chi connectivity index (χ1v) is 44.1. The Morgan fingerprint density at radius 2 is 0.730 bits per heavy atom. The number of nitro groups is 7. The molecule has 738 valence electrons. The monoisotopic (exact) mass is 2110 g/mol. The Kier molecular flexibility index (Phi) is 63.6. The van der Waals surface area contributed by atoms with E-state index in [0.717, 1.165) is 57.8 Å². The molecule has 1 fully saturated rings. The minimum absolute atomic E-state index is 0. The molecule has 0 saturated carbocycles. The second kappa shape index (κ2) is 68.0. The molecule has 3 unspecified atom stereocenters. The second-order valence-electron chi connectivity index (χ2n) is 26.7. The van der Waals surface area contributed by atoms with Gasteiger partial charge in [-0.2, -0.15) is 6.42 Å². The number of hydrogen-bond acceptors (Lipinski definition) is 38. The summed E-state index contributed by atoms with van der Waals surface area (Å²) < 4.78 is 22.9. The minimum atomic E-state index is -1.33. The second-order valence-corrected chi connectivity index (χ2v) is 30.4. The molecule has 0 aliphatic carbocycles. The number of halogens is 3. The summed E-state index contributed by atoms with van der Waals surface area (Å²) in [5.41, 5.74) is 4.86. The van der Waals surface area contributed by atoms with Crippen molar-refractivity contribution >= 4 is 205 Å². The number of nitrogens with zero attached hydrogens (tertiary/aromatic N) is 8. The summed E-state index contributed by atoms with van der Waals surface area (Å²) in [6.45, 7) is 24.4. The number of hydrogen-bond donors (Lipinski definition) is 3. The van der Waals surface area contributed by atoms with Crippen LogP contribution in [0.25, 0.3) is 0 Å². The van der Waals surface area contributed by atoms with Gasteiger partial charge in [-0.3, -0.25) is 128 Å². The molecular formula is C86H97Br2ClMgN8O37S2. The number of thioether (sulfide) groups is 2. The molecule has 137 heavy (non-hydrogen) atoms. The molecule has 3 N–H and O–H groups in total. The number of rotatable bonds is 30. The predicted octanol–water partition coefficient (Wildman–Crippen LogP) is 16.1. The van der Waals surface area contributed by atoms with Crippen molar-refractivity contribution in [2.45, 2.75) is 164 Å². The van der Waals surface area contributed by atoms with Crippen molar-refractivity contribution in [1.29, 1.82) is 0 Å². The molecular weight excluding hydrogens is 2020 g/mol. The molecule has 0 bridgehead atoms. The van der Waals surface area contributed by atoms with Crippen LogP contribution in [0.5, 0.6) is 0 Å². The maximum absolute atomic E-state index is 11.8. The number of aromatic carboxylic acids is 1. The molecule has 1 aliphatic heterocycles. The zero-order chi connectivity index (χ0) is 105. The van der Waals surface area contributed by atoms with Gasteiger partial charge in [0.1, 0.15) is 23.7 Å². The van der Waals surface area contributed by atoms with Crippen molar-refractivity contribution in [2.75, 3.05) is 33.0 Å². The smallest absolute Gasteiger partial charge is 0.855 e. The molecule has 0 radical (unpaired) electrons. The van der Waals surface area contributed by atoms with E-state index in [1.54, 1.807) is 97.9 Å². The summed E-state index contributed by atoms with van der Waals surface area (Å²) in [6, 6.07) is 30.7. The maximum Gasteiger partial charge on any atom is 2.00 e. The van der Waals surface area contributed by atoms with Crippen molar-refractivity contribution < 1.29 is 146 Å². The Labute approximate surface area is 829 Å². The van der Waals surface area contributed by atoms with Crippen molar-refractivity contribution in [3.63, 3.8) is 0 Å².